The van der Waals surface area contributed by atoms with Crippen molar-refractivity contribution < 1.29 is 22.4 Å². The van der Waals surface area contributed by atoms with E-state index in [0.717, 1.165) is 0 Å². The van der Waals surface area contributed by atoms with E-state index < -0.39 is 24.2 Å². The third-order valence-corrected chi connectivity index (χ3v) is 3.01. The molecule has 0 saturated heterocycles. The van der Waals surface area contributed by atoms with Crippen LogP contribution in [0, 0.1) is 0 Å². The van der Waals surface area contributed by atoms with Crippen molar-refractivity contribution in [2.24, 2.45) is 0 Å². The Kier molecular flexibility index (Phi) is 4.74. The zero-order valence-electron chi connectivity index (χ0n) is 11.1. The first-order chi connectivity index (χ1) is 10.4. The summed E-state index contributed by atoms with van der Waals surface area (Å²) in [6.45, 7) is -0.319. The Bertz CT molecular complexity index is 604. The van der Waals surface area contributed by atoms with Crippen molar-refractivity contribution in [1.82, 2.24) is 20.5 Å². The predicted octanol–water partition coefficient (Wildman–Crippen LogP) is 1.95. The van der Waals surface area contributed by atoms with Gasteiger partial charge in [0, 0.05) is 6.54 Å². The summed E-state index contributed by atoms with van der Waals surface area (Å²) in [5.74, 6) is -7.04. The van der Waals surface area contributed by atoms with Gasteiger partial charge >= 0.3 is 12.3 Å². The number of carbonyl (C=O) groups excluding carboxylic acids is 1. The lowest BCUT2D eigenvalue weighted by atomic mass is 9.98. The molecular formula is C13H12F4N4O. The van der Waals surface area contributed by atoms with Gasteiger partial charge in [0.1, 0.15) is 12.2 Å². The molecule has 0 radical (unpaired) electrons. The smallest absolute Gasteiger partial charge is 0.350 e. The number of hydrogen-bond donors (Lipinski definition) is 2. The van der Waals surface area contributed by atoms with Gasteiger partial charge in [-0.2, -0.15) is 13.9 Å². The number of rotatable bonds is 6. The van der Waals surface area contributed by atoms with Gasteiger partial charge in [0.25, 0.3) is 5.91 Å². The van der Waals surface area contributed by atoms with Crippen LogP contribution in [0.25, 0.3) is 0 Å². The van der Waals surface area contributed by atoms with Crippen LogP contribution < -0.4 is 5.32 Å². The molecule has 1 amide bonds. The summed E-state index contributed by atoms with van der Waals surface area (Å²) >= 11 is 0. The molecule has 22 heavy (non-hydrogen) atoms. The van der Waals surface area contributed by atoms with Crippen LogP contribution in [-0.2, 0) is 4.79 Å². The number of nitrogens with one attached hydrogen (secondary N) is 2. The summed E-state index contributed by atoms with van der Waals surface area (Å²) in [5, 5.41) is 8.06. The van der Waals surface area contributed by atoms with Gasteiger partial charge in [-0.3, -0.25) is 9.89 Å². The molecule has 118 valence electrons. The minimum Gasteiger partial charge on any atom is -0.350 e. The fraction of sp³-hybridized carbons (Fsp3) is 0.308. The SMILES string of the molecule is O=C(NC[C@@H](c1ccccc1)c1ncn[nH]1)C(F)(F)C(F)F. The second-order valence-corrected chi connectivity index (χ2v) is 4.47. The molecule has 0 bridgehead atoms. The summed E-state index contributed by atoms with van der Waals surface area (Å²) in [6.07, 6.45) is -2.84. The standard InChI is InChI=1S/C13H12F4N4O/c14-11(15)13(16,17)12(22)18-6-9(10-19-7-20-21-10)8-4-2-1-3-5-8/h1-5,7,9,11H,6H2,(H,18,22)(H,19,20,21)/t9-/m0/s1. The van der Waals surface area contributed by atoms with E-state index in [0.29, 0.717) is 11.4 Å². The highest BCUT2D eigenvalue weighted by Crippen LogP contribution is 2.24. The first-order valence-electron chi connectivity index (χ1n) is 6.27. The van der Waals surface area contributed by atoms with Gasteiger partial charge in [-0.05, 0) is 5.56 Å². The van der Waals surface area contributed by atoms with E-state index in [1.54, 1.807) is 30.3 Å². The number of carbonyl (C=O) groups is 1. The Labute approximate surface area is 122 Å². The number of hydrogen-bond acceptors (Lipinski definition) is 3. The number of aromatic amines is 1. The van der Waals surface area contributed by atoms with Crippen LogP contribution in [0.1, 0.15) is 17.3 Å². The number of aromatic nitrogens is 3. The monoisotopic (exact) mass is 316 g/mol. The van der Waals surface area contributed by atoms with Crippen LogP contribution in [0.5, 0.6) is 0 Å². The van der Waals surface area contributed by atoms with E-state index in [4.69, 9.17) is 0 Å². The van der Waals surface area contributed by atoms with E-state index in [1.807, 2.05) is 5.32 Å². The lowest BCUT2D eigenvalue weighted by Gasteiger charge is -2.19. The average Bonchev–Trinajstić information content (AvgIpc) is 3.02. The van der Waals surface area contributed by atoms with Crippen molar-refractivity contribution in [3.8, 4) is 0 Å². The lowest BCUT2D eigenvalue weighted by molar-refractivity contribution is -0.169. The van der Waals surface area contributed by atoms with Gasteiger partial charge in [0.15, 0.2) is 0 Å². The van der Waals surface area contributed by atoms with E-state index >= 15 is 0 Å². The van der Waals surface area contributed by atoms with E-state index in [-0.39, 0.29) is 6.54 Å². The highest BCUT2D eigenvalue weighted by Gasteiger charge is 2.48. The van der Waals surface area contributed by atoms with Crippen molar-refractivity contribution >= 4 is 5.91 Å². The fourth-order valence-corrected chi connectivity index (χ4v) is 1.85. The average molecular weight is 316 g/mol. The Balaban J connectivity index is 2.14. The topological polar surface area (TPSA) is 70.7 Å². The molecule has 1 aromatic carbocycles. The summed E-state index contributed by atoms with van der Waals surface area (Å²) in [7, 11) is 0. The highest BCUT2D eigenvalue weighted by molar-refractivity contribution is 5.83. The number of benzene rings is 1. The molecule has 0 aliphatic rings. The van der Waals surface area contributed by atoms with Crippen molar-refractivity contribution in [1.29, 1.82) is 0 Å². The predicted molar refractivity (Wildman–Crippen MR) is 68.6 cm³/mol. The first kappa shape index (κ1) is 15.9. The summed E-state index contributed by atoms with van der Waals surface area (Å²) < 4.78 is 50.2. The quantitative estimate of drug-likeness (QED) is 0.800. The summed E-state index contributed by atoms with van der Waals surface area (Å²) in [4.78, 5) is 15.1. The van der Waals surface area contributed by atoms with Gasteiger partial charge in [-0.1, -0.05) is 30.3 Å². The molecule has 1 heterocycles. The number of nitrogens with zero attached hydrogens (tertiary/aromatic N) is 2. The van der Waals surface area contributed by atoms with Crippen LogP contribution in [0.3, 0.4) is 0 Å². The molecule has 9 heteroatoms. The molecule has 0 aliphatic carbocycles. The third kappa shape index (κ3) is 3.41. The second-order valence-electron chi connectivity index (χ2n) is 4.47. The largest absolute Gasteiger partial charge is 0.383 e. The molecule has 5 nitrogen and oxygen atoms in total. The third-order valence-electron chi connectivity index (χ3n) is 3.01. The maximum absolute atomic E-state index is 12.9. The zero-order chi connectivity index (χ0) is 16.2. The van der Waals surface area contributed by atoms with Crippen LogP contribution >= 0.6 is 0 Å². The summed E-state index contributed by atoms with van der Waals surface area (Å²) in [5.41, 5.74) is 0.667. The number of halogens is 4. The Morgan fingerprint density at radius 3 is 2.50 bits per heavy atom. The van der Waals surface area contributed by atoms with Crippen molar-refractivity contribution in [2.45, 2.75) is 18.3 Å². The van der Waals surface area contributed by atoms with Gasteiger partial charge < -0.3 is 5.32 Å². The molecule has 1 aromatic heterocycles. The van der Waals surface area contributed by atoms with Gasteiger partial charge in [0.05, 0.1) is 5.92 Å². The number of alkyl halides is 4. The Morgan fingerprint density at radius 1 is 1.27 bits per heavy atom. The molecule has 0 unspecified atom stereocenters. The van der Waals surface area contributed by atoms with Crippen molar-refractivity contribution in [2.75, 3.05) is 6.54 Å². The van der Waals surface area contributed by atoms with Crippen molar-refractivity contribution in [3.63, 3.8) is 0 Å². The molecule has 2 aromatic rings. The van der Waals surface area contributed by atoms with Crippen LogP contribution in [0.4, 0.5) is 17.6 Å². The normalized spacial score (nSPS) is 13.1. The van der Waals surface area contributed by atoms with E-state index in [2.05, 4.69) is 15.2 Å². The fourth-order valence-electron chi connectivity index (χ4n) is 1.85. The lowest BCUT2D eigenvalue weighted by Crippen LogP contribution is -2.46. The van der Waals surface area contributed by atoms with E-state index in [9.17, 15) is 22.4 Å². The minimum absolute atomic E-state index is 0.319. The molecule has 0 fully saturated rings. The molecule has 1 atom stereocenters. The Morgan fingerprint density at radius 2 is 1.95 bits per heavy atom. The zero-order valence-corrected chi connectivity index (χ0v) is 11.1. The molecule has 2 N–H and O–H groups in total. The maximum atomic E-state index is 12.9. The number of H-pyrrole nitrogens is 1. The Hall–Kier alpha value is -2.45. The highest BCUT2D eigenvalue weighted by atomic mass is 19.3. The van der Waals surface area contributed by atoms with Gasteiger partial charge in [-0.25, -0.2) is 13.8 Å². The van der Waals surface area contributed by atoms with Gasteiger partial charge in [0.2, 0.25) is 0 Å². The molecular weight excluding hydrogens is 304 g/mol. The van der Waals surface area contributed by atoms with Crippen LogP contribution in [0.15, 0.2) is 36.7 Å². The molecule has 2 rings (SSSR count). The van der Waals surface area contributed by atoms with Crippen molar-refractivity contribution in [3.05, 3.63) is 48.0 Å². The maximum Gasteiger partial charge on any atom is 0.383 e. The first-order valence-corrected chi connectivity index (χ1v) is 6.27. The molecule has 0 spiro atoms. The van der Waals surface area contributed by atoms with Crippen LogP contribution in [0.2, 0.25) is 0 Å². The number of amides is 1. The van der Waals surface area contributed by atoms with E-state index in [1.165, 1.54) is 6.33 Å². The second kappa shape index (κ2) is 6.54. The van der Waals surface area contributed by atoms with Gasteiger partial charge in [-0.15, -0.1) is 0 Å². The van der Waals surface area contributed by atoms with Crippen LogP contribution in [-0.4, -0.2) is 40.0 Å². The minimum atomic E-state index is -4.73. The molecule has 0 aliphatic heterocycles. The molecule has 0 saturated carbocycles. The summed E-state index contributed by atoms with van der Waals surface area (Å²) in [6, 6.07) is 8.59.